The fourth-order valence-electron chi connectivity index (χ4n) is 2.73. The molecule has 2 aromatic heterocycles. The molecule has 2 heterocycles. The summed E-state index contributed by atoms with van der Waals surface area (Å²) in [6.07, 6.45) is 0. The second kappa shape index (κ2) is 8.99. The number of benzene rings is 2. The molecule has 31 heavy (non-hydrogen) atoms. The molecule has 0 aliphatic rings. The summed E-state index contributed by atoms with van der Waals surface area (Å²) in [4.78, 5) is 17.3. The summed E-state index contributed by atoms with van der Waals surface area (Å²) in [6.45, 7) is 0. The number of oxazole rings is 1. The van der Waals surface area contributed by atoms with E-state index in [2.05, 4.69) is 20.9 Å². The average Bonchev–Trinajstić information content (AvgIpc) is 3.45. The van der Waals surface area contributed by atoms with Gasteiger partial charge in [-0.05, 0) is 35.7 Å². The largest absolute Gasteiger partial charge is 0.425 e. The number of halogens is 1. The van der Waals surface area contributed by atoms with Gasteiger partial charge in [-0.3, -0.25) is 9.00 Å². The van der Waals surface area contributed by atoms with Crippen LogP contribution in [0.25, 0.3) is 10.8 Å². The van der Waals surface area contributed by atoms with Crippen LogP contribution in [-0.2, 0) is 20.6 Å². The van der Waals surface area contributed by atoms with Crippen LogP contribution in [0.4, 0.5) is 0 Å². The first-order valence-corrected chi connectivity index (χ1v) is 13.4. The van der Waals surface area contributed by atoms with Gasteiger partial charge in [0.25, 0.3) is 0 Å². The van der Waals surface area contributed by atoms with E-state index in [4.69, 9.17) is 4.42 Å². The van der Waals surface area contributed by atoms with Gasteiger partial charge in [0, 0.05) is 10.0 Å². The minimum Gasteiger partial charge on any atom is -0.425 e. The average molecular weight is 536 g/mol. The van der Waals surface area contributed by atoms with Crippen LogP contribution in [0.1, 0.15) is 10.4 Å². The van der Waals surface area contributed by atoms with Crippen molar-refractivity contribution in [3.8, 4) is 10.8 Å². The molecule has 0 N–H and O–H groups in total. The van der Waals surface area contributed by atoms with E-state index in [1.807, 2.05) is 0 Å². The number of carbonyl (C=O) groups is 1. The van der Waals surface area contributed by atoms with E-state index in [1.165, 1.54) is 23.5 Å². The minimum atomic E-state index is -4.13. The summed E-state index contributed by atoms with van der Waals surface area (Å²) in [7, 11) is -6.18. The number of ketones is 1. The molecular weight excluding hydrogens is 522 g/mol. The summed E-state index contributed by atoms with van der Waals surface area (Å²) < 4.78 is 45.9. The van der Waals surface area contributed by atoms with Crippen molar-refractivity contribution < 1.29 is 21.8 Å². The number of aromatic nitrogens is 1. The van der Waals surface area contributed by atoms with E-state index in [-0.39, 0.29) is 21.7 Å². The van der Waals surface area contributed by atoms with E-state index in [9.17, 15) is 17.4 Å². The molecule has 0 amide bonds. The van der Waals surface area contributed by atoms with Crippen LogP contribution in [0, 0.1) is 0 Å². The Morgan fingerprint density at radius 2 is 1.74 bits per heavy atom. The zero-order chi connectivity index (χ0) is 22.0. The Bertz CT molecular complexity index is 1350. The number of hydrogen-bond donors (Lipinski definition) is 0. The van der Waals surface area contributed by atoms with Crippen molar-refractivity contribution >= 4 is 53.7 Å². The number of carbonyl (C=O) groups excluding carboxylic acids is 1. The number of hydrogen-bond acceptors (Lipinski definition) is 7. The molecule has 0 bridgehead atoms. The maximum Gasteiger partial charge on any atom is 0.239 e. The third-order valence-corrected chi connectivity index (χ3v) is 8.65. The fourth-order valence-corrected chi connectivity index (χ4v) is 6.38. The second-order valence-electron chi connectivity index (χ2n) is 6.33. The molecule has 4 rings (SSSR count). The van der Waals surface area contributed by atoms with Crippen LogP contribution < -0.4 is 0 Å². The normalized spacial score (nSPS) is 12.5. The quantitative estimate of drug-likeness (QED) is 0.309. The zero-order valence-electron chi connectivity index (χ0n) is 15.7. The van der Waals surface area contributed by atoms with E-state index in [0.29, 0.717) is 14.9 Å². The highest BCUT2D eigenvalue weighted by Crippen LogP contribution is 2.33. The van der Waals surface area contributed by atoms with Gasteiger partial charge in [0.05, 0.1) is 26.3 Å². The fraction of sp³-hybridized carbons (Fsp3) is 0.0476. The van der Waals surface area contributed by atoms with Crippen LogP contribution >= 0.6 is 27.3 Å². The maximum atomic E-state index is 13.3. The van der Waals surface area contributed by atoms with Crippen LogP contribution in [0.2, 0.25) is 0 Å². The van der Waals surface area contributed by atoms with Crippen LogP contribution in [0.5, 0.6) is 0 Å². The van der Waals surface area contributed by atoms with Crippen molar-refractivity contribution in [1.29, 1.82) is 0 Å². The zero-order valence-corrected chi connectivity index (χ0v) is 19.8. The standard InChI is InChI=1S/C21H14BrNO5S3/c22-15-8-10-16(11-9-15)31(26,27)20-21(28-19(23-20)18-7-4-12-29-18)30(25)13-17(24)14-5-2-1-3-6-14/h1-12H,13H2/t30-/m0/s1. The van der Waals surface area contributed by atoms with Crippen molar-refractivity contribution in [3.63, 3.8) is 0 Å². The molecule has 10 heteroatoms. The summed E-state index contributed by atoms with van der Waals surface area (Å²) in [5, 5.41) is 1.01. The molecule has 158 valence electrons. The second-order valence-corrected chi connectivity index (χ2v) is 11.4. The monoisotopic (exact) mass is 535 g/mol. The predicted molar refractivity (Wildman–Crippen MR) is 121 cm³/mol. The van der Waals surface area contributed by atoms with E-state index in [0.717, 1.165) is 0 Å². The van der Waals surface area contributed by atoms with Gasteiger partial charge >= 0.3 is 0 Å². The van der Waals surface area contributed by atoms with Gasteiger partial charge in [0.15, 0.2) is 5.78 Å². The first kappa shape index (κ1) is 21.8. The first-order valence-electron chi connectivity index (χ1n) is 8.88. The molecule has 0 saturated carbocycles. The number of sulfone groups is 1. The molecule has 0 radical (unpaired) electrons. The molecular formula is C21H14BrNO5S3. The lowest BCUT2D eigenvalue weighted by Gasteiger charge is -2.04. The Kier molecular flexibility index (Phi) is 6.33. The van der Waals surface area contributed by atoms with Gasteiger partial charge in [-0.25, -0.2) is 8.42 Å². The van der Waals surface area contributed by atoms with E-state index in [1.54, 1.807) is 60.0 Å². The Labute approximate surface area is 193 Å². The Morgan fingerprint density at radius 1 is 1.03 bits per heavy atom. The lowest BCUT2D eigenvalue weighted by molar-refractivity contribution is 0.102. The van der Waals surface area contributed by atoms with Gasteiger partial charge in [-0.15, -0.1) is 11.3 Å². The van der Waals surface area contributed by atoms with Gasteiger partial charge in [0.1, 0.15) is 0 Å². The molecule has 0 spiro atoms. The molecule has 0 saturated heterocycles. The highest BCUT2D eigenvalue weighted by atomic mass is 79.9. The van der Waals surface area contributed by atoms with Gasteiger partial charge in [-0.1, -0.05) is 52.3 Å². The van der Waals surface area contributed by atoms with Gasteiger partial charge in [-0.2, -0.15) is 4.98 Å². The third-order valence-electron chi connectivity index (χ3n) is 4.24. The van der Waals surface area contributed by atoms with Gasteiger partial charge in [0.2, 0.25) is 25.8 Å². The smallest absolute Gasteiger partial charge is 0.239 e. The topological polar surface area (TPSA) is 94.3 Å². The molecule has 0 unspecified atom stereocenters. The van der Waals surface area contributed by atoms with Crippen molar-refractivity contribution in [2.45, 2.75) is 15.0 Å². The minimum absolute atomic E-state index is 0.0191. The summed E-state index contributed by atoms with van der Waals surface area (Å²) in [6, 6.07) is 17.9. The third kappa shape index (κ3) is 4.62. The molecule has 1 atom stereocenters. The molecule has 0 aliphatic heterocycles. The SMILES string of the molecule is O=C(C[S@](=O)c1oc(-c2cccs2)nc1S(=O)(=O)c1ccc(Br)cc1)c1ccccc1. The maximum absolute atomic E-state index is 13.3. The van der Waals surface area contributed by atoms with Crippen molar-refractivity contribution in [3.05, 3.63) is 82.1 Å². The van der Waals surface area contributed by atoms with Crippen LogP contribution in [0.15, 0.2) is 96.0 Å². The molecule has 0 fully saturated rings. The summed E-state index contributed by atoms with van der Waals surface area (Å²) in [5.74, 6) is -0.771. The highest BCUT2D eigenvalue weighted by molar-refractivity contribution is 9.10. The number of rotatable bonds is 7. The molecule has 0 aliphatic carbocycles. The lowest BCUT2D eigenvalue weighted by Crippen LogP contribution is -2.13. The Balaban J connectivity index is 1.77. The molecule has 4 aromatic rings. The van der Waals surface area contributed by atoms with Crippen LogP contribution in [-0.4, -0.2) is 29.1 Å². The summed E-state index contributed by atoms with van der Waals surface area (Å²) in [5.41, 5.74) is 0.381. The highest BCUT2D eigenvalue weighted by Gasteiger charge is 2.32. The van der Waals surface area contributed by atoms with Crippen molar-refractivity contribution in [1.82, 2.24) is 4.98 Å². The molecule has 6 nitrogen and oxygen atoms in total. The van der Waals surface area contributed by atoms with Crippen molar-refractivity contribution in [2.75, 3.05) is 5.75 Å². The van der Waals surface area contributed by atoms with E-state index < -0.39 is 31.4 Å². The first-order chi connectivity index (χ1) is 14.9. The Hall–Kier alpha value is -2.40. The predicted octanol–water partition coefficient (Wildman–Crippen LogP) is 4.99. The number of thiophene rings is 1. The number of nitrogens with zero attached hydrogens (tertiary/aromatic N) is 1. The van der Waals surface area contributed by atoms with E-state index >= 15 is 0 Å². The molecule has 2 aromatic carbocycles. The van der Waals surface area contributed by atoms with Crippen LogP contribution in [0.3, 0.4) is 0 Å². The van der Waals surface area contributed by atoms with Gasteiger partial charge < -0.3 is 4.42 Å². The Morgan fingerprint density at radius 3 is 2.39 bits per heavy atom. The lowest BCUT2D eigenvalue weighted by atomic mass is 10.2. The van der Waals surface area contributed by atoms with Crippen molar-refractivity contribution in [2.24, 2.45) is 0 Å². The number of Topliss-reactive ketones (excluding diaryl/α,β-unsaturated/α-hetero) is 1. The summed E-state index contributed by atoms with van der Waals surface area (Å²) >= 11 is 4.58.